The Morgan fingerprint density at radius 2 is 1.79 bits per heavy atom. The fourth-order valence-electron chi connectivity index (χ4n) is 1.95. The Bertz CT molecular complexity index is 581. The summed E-state index contributed by atoms with van der Waals surface area (Å²) < 4.78 is 5.88. The van der Waals surface area contributed by atoms with Crippen molar-refractivity contribution in [3.05, 3.63) is 58.1 Å². The van der Waals surface area contributed by atoms with Crippen LogP contribution in [0.15, 0.2) is 36.4 Å². The van der Waals surface area contributed by atoms with Crippen molar-refractivity contribution in [1.29, 1.82) is 0 Å². The van der Waals surface area contributed by atoms with Crippen molar-refractivity contribution in [2.24, 2.45) is 0 Å². The Balaban J connectivity index is 2.23. The van der Waals surface area contributed by atoms with Gasteiger partial charge in [-0.05, 0) is 55.8 Å². The quantitative estimate of drug-likeness (QED) is 0.889. The van der Waals surface area contributed by atoms with Gasteiger partial charge in [-0.3, -0.25) is 0 Å². The molecule has 0 aliphatic rings. The molecular weight excluding hydrogens is 258 g/mol. The van der Waals surface area contributed by atoms with E-state index >= 15 is 0 Å². The van der Waals surface area contributed by atoms with E-state index in [2.05, 4.69) is 17.4 Å². The number of halogens is 1. The number of hydrogen-bond donors (Lipinski definition) is 1. The second kappa shape index (κ2) is 6.09. The topological polar surface area (TPSA) is 21.3 Å². The monoisotopic (exact) mass is 275 g/mol. The van der Waals surface area contributed by atoms with Gasteiger partial charge >= 0.3 is 0 Å². The number of hydrogen-bond acceptors (Lipinski definition) is 2. The van der Waals surface area contributed by atoms with Gasteiger partial charge < -0.3 is 10.1 Å². The van der Waals surface area contributed by atoms with Crippen LogP contribution in [0.25, 0.3) is 0 Å². The summed E-state index contributed by atoms with van der Waals surface area (Å²) in [6, 6.07) is 12.0. The minimum atomic E-state index is 0.638. The molecule has 0 aliphatic carbocycles. The molecule has 0 amide bonds. The smallest absolute Gasteiger partial charge is 0.146 e. The summed E-state index contributed by atoms with van der Waals surface area (Å²) in [6.45, 7) is 4.90. The molecule has 0 radical (unpaired) electrons. The largest absolute Gasteiger partial charge is 0.456 e. The first-order chi connectivity index (χ1) is 9.10. The van der Waals surface area contributed by atoms with Crippen LogP contribution in [0.3, 0.4) is 0 Å². The highest BCUT2D eigenvalue weighted by Crippen LogP contribution is 2.31. The number of rotatable bonds is 4. The fraction of sp³-hybridized carbons (Fsp3) is 0.250. The molecule has 2 nitrogen and oxygen atoms in total. The molecule has 0 atom stereocenters. The van der Waals surface area contributed by atoms with E-state index in [1.54, 1.807) is 0 Å². The molecule has 1 N–H and O–H groups in total. The summed E-state index contributed by atoms with van der Waals surface area (Å²) in [5, 5.41) is 3.77. The standard InChI is InChI=1S/C16H18ClNO/c1-11-4-6-16(14(17)8-11)19-15-7-5-13(10-18-3)9-12(15)2/h4-9,18H,10H2,1-3H3. The predicted molar refractivity (Wildman–Crippen MR) is 80.2 cm³/mol. The maximum atomic E-state index is 6.18. The van der Waals surface area contributed by atoms with E-state index in [9.17, 15) is 0 Å². The number of aryl methyl sites for hydroxylation is 2. The Morgan fingerprint density at radius 3 is 2.42 bits per heavy atom. The van der Waals surface area contributed by atoms with Gasteiger partial charge in [-0.1, -0.05) is 29.8 Å². The first kappa shape index (κ1) is 13.9. The maximum absolute atomic E-state index is 6.18. The molecule has 0 unspecified atom stereocenters. The van der Waals surface area contributed by atoms with Gasteiger partial charge in [0.25, 0.3) is 0 Å². The number of benzene rings is 2. The van der Waals surface area contributed by atoms with Gasteiger partial charge in [-0.15, -0.1) is 0 Å². The number of nitrogens with one attached hydrogen (secondary N) is 1. The van der Waals surface area contributed by atoms with Crippen LogP contribution in [0.2, 0.25) is 5.02 Å². The van der Waals surface area contributed by atoms with Crippen LogP contribution < -0.4 is 10.1 Å². The highest BCUT2D eigenvalue weighted by Gasteiger charge is 2.06. The molecule has 2 rings (SSSR count). The van der Waals surface area contributed by atoms with E-state index in [1.165, 1.54) is 5.56 Å². The van der Waals surface area contributed by atoms with Crippen molar-refractivity contribution < 1.29 is 4.74 Å². The van der Waals surface area contributed by atoms with Crippen molar-refractivity contribution in [2.75, 3.05) is 7.05 Å². The molecule has 19 heavy (non-hydrogen) atoms. The van der Waals surface area contributed by atoms with Crippen molar-refractivity contribution in [3.8, 4) is 11.5 Å². The first-order valence-electron chi connectivity index (χ1n) is 6.28. The van der Waals surface area contributed by atoms with Gasteiger partial charge in [0.05, 0.1) is 5.02 Å². The summed E-state index contributed by atoms with van der Waals surface area (Å²) in [5.41, 5.74) is 3.46. The summed E-state index contributed by atoms with van der Waals surface area (Å²) in [4.78, 5) is 0. The van der Waals surface area contributed by atoms with Crippen LogP contribution in [-0.4, -0.2) is 7.05 Å². The van der Waals surface area contributed by atoms with Crippen molar-refractivity contribution in [3.63, 3.8) is 0 Å². The van der Waals surface area contributed by atoms with E-state index < -0.39 is 0 Å². The second-order valence-electron chi connectivity index (χ2n) is 4.67. The summed E-state index contributed by atoms with van der Waals surface area (Å²) in [5.74, 6) is 1.53. The second-order valence-corrected chi connectivity index (χ2v) is 5.07. The van der Waals surface area contributed by atoms with E-state index in [-0.39, 0.29) is 0 Å². The van der Waals surface area contributed by atoms with Gasteiger partial charge in [0.2, 0.25) is 0 Å². The molecule has 0 saturated carbocycles. The summed E-state index contributed by atoms with van der Waals surface area (Å²) >= 11 is 6.18. The molecule has 100 valence electrons. The minimum absolute atomic E-state index is 0.638. The average Bonchev–Trinajstić information content (AvgIpc) is 2.36. The normalized spacial score (nSPS) is 10.5. The fourth-order valence-corrected chi connectivity index (χ4v) is 2.22. The van der Waals surface area contributed by atoms with Gasteiger partial charge in [0, 0.05) is 6.54 Å². The third-order valence-corrected chi connectivity index (χ3v) is 3.22. The van der Waals surface area contributed by atoms with Crippen molar-refractivity contribution in [2.45, 2.75) is 20.4 Å². The Hall–Kier alpha value is -1.51. The van der Waals surface area contributed by atoms with Crippen molar-refractivity contribution in [1.82, 2.24) is 5.32 Å². The lowest BCUT2D eigenvalue weighted by Crippen LogP contribution is -2.05. The van der Waals surface area contributed by atoms with E-state index in [0.717, 1.165) is 23.4 Å². The molecule has 0 bridgehead atoms. The zero-order chi connectivity index (χ0) is 13.8. The lowest BCUT2D eigenvalue weighted by Gasteiger charge is -2.12. The van der Waals surface area contributed by atoms with Gasteiger partial charge in [0.1, 0.15) is 11.5 Å². The molecule has 0 fully saturated rings. The maximum Gasteiger partial charge on any atom is 0.146 e. The zero-order valence-electron chi connectivity index (χ0n) is 11.5. The molecule has 0 aromatic heterocycles. The van der Waals surface area contributed by atoms with Crippen LogP contribution >= 0.6 is 11.6 Å². The predicted octanol–water partition coefficient (Wildman–Crippen LogP) is 4.47. The van der Waals surface area contributed by atoms with Crippen LogP contribution in [-0.2, 0) is 6.54 Å². The summed E-state index contributed by atoms with van der Waals surface area (Å²) in [7, 11) is 1.94. The van der Waals surface area contributed by atoms with Crippen LogP contribution in [0, 0.1) is 13.8 Å². The van der Waals surface area contributed by atoms with Crippen LogP contribution in [0.5, 0.6) is 11.5 Å². The summed E-state index contributed by atoms with van der Waals surface area (Å²) in [6.07, 6.45) is 0. The minimum Gasteiger partial charge on any atom is -0.456 e. The molecular formula is C16H18ClNO. The van der Waals surface area contributed by atoms with Gasteiger partial charge in [0.15, 0.2) is 0 Å². The van der Waals surface area contributed by atoms with E-state index in [0.29, 0.717) is 10.8 Å². The Kier molecular flexibility index (Phi) is 4.46. The van der Waals surface area contributed by atoms with Gasteiger partial charge in [-0.2, -0.15) is 0 Å². The molecule has 0 saturated heterocycles. The lowest BCUT2D eigenvalue weighted by molar-refractivity contribution is 0.478. The van der Waals surface area contributed by atoms with Gasteiger partial charge in [-0.25, -0.2) is 0 Å². The molecule has 0 heterocycles. The van der Waals surface area contributed by atoms with E-state index in [4.69, 9.17) is 16.3 Å². The third kappa shape index (κ3) is 3.49. The van der Waals surface area contributed by atoms with Crippen LogP contribution in [0.1, 0.15) is 16.7 Å². The Labute approximate surface area is 119 Å². The average molecular weight is 276 g/mol. The molecule has 3 heteroatoms. The lowest BCUT2D eigenvalue weighted by atomic mass is 10.1. The SMILES string of the molecule is CNCc1ccc(Oc2ccc(C)cc2Cl)c(C)c1. The highest BCUT2D eigenvalue weighted by atomic mass is 35.5. The number of ether oxygens (including phenoxy) is 1. The highest BCUT2D eigenvalue weighted by molar-refractivity contribution is 6.32. The van der Waals surface area contributed by atoms with Crippen molar-refractivity contribution >= 4 is 11.6 Å². The zero-order valence-corrected chi connectivity index (χ0v) is 12.2. The first-order valence-corrected chi connectivity index (χ1v) is 6.66. The molecule has 0 spiro atoms. The van der Waals surface area contributed by atoms with E-state index in [1.807, 2.05) is 45.2 Å². The molecule has 2 aromatic carbocycles. The third-order valence-electron chi connectivity index (χ3n) is 2.93. The molecule has 0 aliphatic heterocycles. The molecule has 2 aromatic rings. The Morgan fingerprint density at radius 1 is 1.05 bits per heavy atom. The van der Waals surface area contributed by atoms with Crippen LogP contribution in [0.4, 0.5) is 0 Å².